The molecule has 2 heteroatoms. The molecule has 0 radical (unpaired) electrons. The monoisotopic (exact) mass is 221 g/mol. The highest BCUT2D eigenvalue weighted by molar-refractivity contribution is 6.31. The first-order chi connectivity index (χ1) is 7.27. The second kappa shape index (κ2) is 3.23. The van der Waals surface area contributed by atoms with Gasteiger partial charge in [0.15, 0.2) is 0 Å². The van der Waals surface area contributed by atoms with E-state index in [1.165, 1.54) is 36.8 Å². The lowest BCUT2D eigenvalue weighted by Crippen LogP contribution is -2.32. The molecular formula is C13H16ClN. The molecule has 2 N–H and O–H groups in total. The zero-order valence-electron chi connectivity index (χ0n) is 8.80. The van der Waals surface area contributed by atoms with Gasteiger partial charge in [-0.3, -0.25) is 0 Å². The highest BCUT2D eigenvalue weighted by Gasteiger charge is 2.48. The maximum atomic E-state index is 6.35. The number of halogens is 1. The van der Waals surface area contributed by atoms with Crippen molar-refractivity contribution < 1.29 is 0 Å². The van der Waals surface area contributed by atoms with Gasteiger partial charge in [0, 0.05) is 5.02 Å². The third-order valence-corrected chi connectivity index (χ3v) is 4.56. The van der Waals surface area contributed by atoms with Crippen LogP contribution in [-0.4, -0.2) is 6.54 Å². The van der Waals surface area contributed by atoms with Crippen LogP contribution >= 0.6 is 11.6 Å². The quantitative estimate of drug-likeness (QED) is 0.775. The van der Waals surface area contributed by atoms with Crippen LogP contribution in [0.15, 0.2) is 18.2 Å². The Balaban J connectivity index is 2.15. The minimum absolute atomic E-state index is 0.401. The van der Waals surface area contributed by atoms with Crippen LogP contribution in [0.3, 0.4) is 0 Å². The van der Waals surface area contributed by atoms with Crippen molar-refractivity contribution in [3.05, 3.63) is 34.3 Å². The van der Waals surface area contributed by atoms with Crippen LogP contribution in [0, 0.1) is 0 Å². The SMILES string of the molecule is NCC1CC2(CCC2)c2c(Cl)cccc21. The van der Waals surface area contributed by atoms with Gasteiger partial charge in [-0.15, -0.1) is 0 Å². The molecule has 0 aromatic heterocycles. The van der Waals surface area contributed by atoms with Crippen LogP contribution in [0.1, 0.15) is 42.7 Å². The standard InChI is InChI=1S/C13H16ClN/c14-11-4-1-3-10-9(8-15)7-13(12(10)11)5-2-6-13/h1,3-4,9H,2,5-8,15H2. The highest BCUT2D eigenvalue weighted by atomic mass is 35.5. The Morgan fingerprint density at radius 1 is 1.40 bits per heavy atom. The molecule has 2 aliphatic carbocycles. The molecule has 1 saturated carbocycles. The predicted octanol–water partition coefficient (Wildman–Crippen LogP) is 3.21. The normalized spacial score (nSPS) is 26.4. The third kappa shape index (κ3) is 1.20. The predicted molar refractivity (Wildman–Crippen MR) is 63.4 cm³/mol. The molecule has 1 aromatic carbocycles. The van der Waals surface area contributed by atoms with Crippen molar-refractivity contribution in [1.82, 2.24) is 0 Å². The van der Waals surface area contributed by atoms with Crippen molar-refractivity contribution >= 4 is 11.6 Å². The van der Waals surface area contributed by atoms with Crippen molar-refractivity contribution in [3.63, 3.8) is 0 Å². The van der Waals surface area contributed by atoms with Crippen molar-refractivity contribution in [2.45, 2.75) is 37.0 Å². The van der Waals surface area contributed by atoms with E-state index in [1.807, 2.05) is 6.07 Å². The Labute approximate surface area is 95.6 Å². The Kier molecular flexibility index (Phi) is 2.08. The van der Waals surface area contributed by atoms with E-state index in [-0.39, 0.29) is 0 Å². The molecule has 1 spiro atoms. The fourth-order valence-corrected chi connectivity index (χ4v) is 3.77. The van der Waals surface area contributed by atoms with Gasteiger partial charge in [0.05, 0.1) is 0 Å². The molecule has 3 rings (SSSR count). The van der Waals surface area contributed by atoms with E-state index < -0.39 is 0 Å². The van der Waals surface area contributed by atoms with Gasteiger partial charge in [-0.25, -0.2) is 0 Å². The molecule has 1 aromatic rings. The van der Waals surface area contributed by atoms with Gasteiger partial charge in [-0.05, 0) is 54.3 Å². The van der Waals surface area contributed by atoms with E-state index in [1.54, 1.807) is 0 Å². The Bertz CT molecular complexity index is 396. The summed E-state index contributed by atoms with van der Waals surface area (Å²) in [5.41, 5.74) is 9.10. The molecule has 2 aliphatic rings. The summed E-state index contributed by atoms with van der Waals surface area (Å²) in [6.45, 7) is 0.759. The van der Waals surface area contributed by atoms with Crippen LogP contribution in [0.4, 0.5) is 0 Å². The molecule has 1 unspecified atom stereocenters. The van der Waals surface area contributed by atoms with Gasteiger partial charge in [0.25, 0.3) is 0 Å². The van der Waals surface area contributed by atoms with Gasteiger partial charge in [0.2, 0.25) is 0 Å². The highest BCUT2D eigenvalue weighted by Crippen LogP contribution is 2.58. The van der Waals surface area contributed by atoms with Crippen molar-refractivity contribution in [2.75, 3.05) is 6.54 Å². The molecule has 1 nitrogen and oxygen atoms in total. The van der Waals surface area contributed by atoms with E-state index in [4.69, 9.17) is 17.3 Å². The first-order valence-electron chi connectivity index (χ1n) is 5.76. The van der Waals surface area contributed by atoms with Gasteiger partial charge >= 0.3 is 0 Å². The summed E-state index contributed by atoms with van der Waals surface area (Å²) in [7, 11) is 0. The second-order valence-electron chi connectivity index (χ2n) is 4.97. The van der Waals surface area contributed by atoms with Gasteiger partial charge in [-0.2, -0.15) is 0 Å². The minimum Gasteiger partial charge on any atom is -0.330 e. The zero-order valence-corrected chi connectivity index (χ0v) is 9.56. The third-order valence-electron chi connectivity index (χ3n) is 4.25. The second-order valence-corrected chi connectivity index (χ2v) is 5.38. The Morgan fingerprint density at radius 2 is 2.20 bits per heavy atom. The lowest BCUT2D eigenvalue weighted by atomic mass is 9.65. The van der Waals surface area contributed by atoms with Crippen molar-refractivity contribution in [1.29, 1.82) is 0 Å². The summed E-state index contributed by atoms with van der Waals surface area (Å²) in [4.78, 5) is 0. The zero-order chi connectivity index (χ0) is 10.5. The average Bonchev–Trinajstić information content (AvgIpc) is 2.53. The maximum absolute atomic E-state index is 6.35. The fourth-order valence-electron chi connectivity index (χ4n) is 3.39. The lowest BCUT2D eigenvalue weighted by molar-refractivity contribution is 0.233. The molecule has 0 saturated heterocycles. The van der Waals surface area contributed by atoms with Crippen LogP contribution in [0.5, 0.6) is 0 Å². The fraction of sp³-hybridized carbons (Fsp3) is 0.538. The number of fused-ring (bicyclic) bond motifs is 2. The molecule has 1 atom stereocenters. The summed E-state index contributed by atoms with van der Waals surface area (Å²) in [5.74, 6) is 0.541. The summed E-state index contributed by atoms with van der Waals surface area (Å²) in [5, 5.41) is 0.961. The first kappa shape index (κ1) is 9.68. The largest absolute Gasteiger partial charge is 0.330 e. The first-order valence-corrected chi connectivity index (χ1v) is 6.14. The van der Waals surface area contributed by atoms with Crippen LogP contribution in [-0.2, 0) is 5.41 Å². The molecule has 0 amide bonds. The molecule has 0 heterocycles. The molecule has 1 fully saturated rings. The van der Waals surface area contributed by atoms with Gasteiger partial charge in [0.1, 0.15) is 0 Å². The van der Waals surface area contributed by atoms with Gasteiger partial charge in [-0.1, -0.05) is 30.2 Å². The van der Waals surface area contributed by atoms with E-state index >= 15 is 0 Å². The molecule has 0 aliphatic heterocycles. The summed E-state index contributed by atoms with van der Waals surface area (Å²) < 4.78 is 0. The molecular weight excluding hydrogens is 206 g/mol. The van der Waals surface area contributed by atoms with E-state index in [0.717, 1.165) is 11.6 Å². The van der Waals surface area contributed by atoms with E-state index in [9.17, 15) is 0 Å². The Morgan fingerprint density at radius 3 is 2.80 bits per heavy atom. The van der Waals surface area contributed by atoms with Crippen LogP contribution in [0.25, 0.3) is 0 Å². The number of nitrogens with two attached hydrogens (primary N) is 1. The summed E-state index contributed by atoms with van der Waals surface area (Å²) >= 11 is 6.35. The minimum atomic E-state index is 0.401. The van der Waals surface area contributed by atoms with Crippen LogP contribution in [0.2, 0.25) is 5.02 Å². The van der Waals surface area contributed by atoms with Crippen LogP contribution < -0.4 is 5.73 Å². The lowest BCUT2D eigenvalue weighted by Gasteiger charge is -2.40. The summed E-state index contributed by atoms with van der Waals surface area (Å²) in [6.07, 6.45) is 5.19. The number of rotatable bonds is 1. The van der Waals surface area contributed by atoms with Crippen molar-refractivity contribution in [2.24, 2.45) is 5.73 Å². The van der Waals surface area contributed by atoms with E-state index in [2.05, 4.69) is 12.1 Å². The topological polar surface area (TPSA) is 26.0 Å². The maximum Gasteiger partial charge on any atom is 0.0446 e. The summed E-state index contributed by atoms with van der Waals surface area (Å²) in [6, 6.07) is 6.30. The number of hydrogen-bond donors (Lipinski definition) is 1. The molecule has 0 bridgehead atoms. The average molecular weight is 222 g/mol. The number of hydrogen-bond acceptors (Lipinski definition) is 1. The van der Waals surface area contributed by atoms with E-state index in [0.29, 0.717) is 11.3 Å². The van der Waals surface area contributed by atoms with Crippen molar-refractivity contribution in [3.8, 4) is 0 Å². The smallest absolute Gasteiger partial charge is 0.0446 e. The molecule has 80 valence electrons. The number of benzene rings is 1. The molecule has 15 heavy (non-hydrogen) atoms. The van der Waals surface area contributed by atoms with Gasteiger partial charge < -0.3 is 5.73 Å². The Hall–Kier alpha value is -0.530.